The summed E-state index contributed by atoms with van der Waals surface area (Å²) < 4.78 is 0. The van der Waals surface area contributed by atoms with Gasteiger partial charge in [0.25, 0.3) is 0 Å². The molecule has 1 unspecified atom stereocenters. The molecule has 0 aromatic carbocycles. The van der Waals surface area contributed by atoms with E-state index in [1.807, 2.05) is 18.7 Å². The zero-order chi connectivity index (χ0) is 11.3. The number of carbonyl (C=O) groups excluding carboxylic acids is 2. The van der Waals surface area contributed by atoms with Gasteiger partial charge in [-0.25, -0.2) is 0 Å². The van der Waals surface area contributed by atoms with Crippen LogP contribution in [0.2, 0.25) is 0 Å². The normalized spacial score (nSPS) is 21.2. The number of rotatable bonds is 3. The lowest BCUT2D eigenvalue weighted by atomic mass is 9.97. The molecule has 15 heavy (non-hydrogen) atoms. The number of hydrogen-bond donors (Lipinski definition) is 1. The van der Waals surface area contributed by atoms with Crippen LogP contribution in [-0.4, -0.2) is 36.3 Å². The number of hydrogen-bond acceptors (Lipinski definition) is 2. The van der Waals surface area contributed by atoms with Gasteiger partial charge in [0, 0.05) is 26.1 Å². The van der Waals surface area contributed by atoms with Gasteiger partial charge in [-0.2, -0.15) is 0 Å². The summed E-state index contributed by atoms with van der Waals surface area (Å²) in [5.74, 6) is 0.240. The molecule has 1 fully saturated rings. The summed E-state index contributed by atoms with van der Waals surface area (Å²) in [5, 5.41) is 2.82. The second kappa shape index (κ2) is 5.73. The van der Waals surface area contributed by atoms with E-state index in [-0.39, 0.29) is 17.7 Å². The van der Waals surface area contributed by atoms with E-state index in [2.05, 4.69) is 5.32 Å². The molecule has 0 aromatic rings. The summed E-state index contributed by atoms with van der Waals surface area (Å²) in [4.78, 5) is 24.9. The van der Waals surface area contributed by atoms with Crippen molar-refractivity contribution < 1.29 is 9.59 Å². The number of amides is 2. The summed E-state index contributed by atoms with van der Waals surface area (Å²) in [6.45, 7) is 5.84. The quantitative estimate of drug-likeness (QED) is 0.751. The topological polar surface area (TPSA) is 49.4 Å². The Morgan fingerprint density at radius 2 is 2.13 bits per heavy atom. The molecule has 1 saturated heterocycles. The third kappa shape index (κ3) is 3.22. The molecule has 0 radical (unpaired) electrons. The molecule has 0 aromatic heterocycles. The molecule has 1 N–H and O–H groups in total. The minimum Gasteiger partial charge on any atom is -0.356 e. The van der Waals surface area contributed by atoms with Gasteiger partial charge in [-0.3, -0.25) is 9.59 Å². The van der Waals surface area contributed by atoms with Crippen molar-refractivity contribution in [3.05, 3.63) is 0 Å². The largest absolute Gasteiger partial charge is 0.356 e. The minimum atomic E-state index is -0.00537. The predicted molar refractivity (Wildman–Crippen MR) is 58.3 cm³/mol. The van der Waals surface area contributed by atoms with Crippen molar-refractivity contribution in [2.45, 2.75) is 33.1 Å². The average Bonchev–Trinajstić information content (AvgIpc) is 2.28. The summed E-state index contributed by atoms with van der Waals surface area (Å²) in [6.07, 6.45) is 2.37. The third-order valence-electron chi connectivity index (χ3n) is 2.80. The first-order chi connectivity index (χ1) is 7.19. The van der Waals surface area contributed by atoms with Gasteiger partial charge in [0.1, 0.15) is 0 Å². The fraction of sp³-hybridized carbons (Fsp3) is 0.818. The molecule has 0 spiro atoms. The minimum absolute atomic E-state index is 0.00537. The highest BCUT2D eigenvalue weighted by Gasteiger charge is 2.27. The lowest BCUT2D eigenvalue weighted by Gasteiger charge is -2.31. The molecule has 0 bridgehead atoms. The number of likely N-dealkylation sites (tertiary alicyclic amines) is 1. The first-order valence-electron chi connectivity index (χ1n) is 5.74. The number of carbonyl (C=O) groups is 2. The van der Waals surface area contributed by atoms with Gasteiger partial charge < -0.3 is 10.2 Å². The Hall–Kier alpha value is -1.06. The van der Waals surface area contributed by atoms with E-state index >= 15 is 0 Å². The van der Waals surface area contributed by atoms with E-state index in [1.54, 1.807) is 0 Å². The van der Waals surface area contributed by atoms with Crippen molar-refractivity contribution in [3.63, 3.8) is 0 Å². The van der Waals surface area contributed by atoms with Gasteiger partial charge in [0.05, 0.1) is 5.92 Å². The third-order valence-corrected chi connectivity index (χ3v) is 2.80. The first-order valence-corrected chi connectivity index (χ1v) is 5.74. The maximum absolute atomic E-state index is 11.6. The van der Waals surface area contributed by atoms with Crippen LogP contribution in [0.25, 0.3) is 0 Å². The smallest absolute Gasteiger partial charge is 0.224 e. The van der Waals surface area contributed by atoms with Crippen molar-refractivity contribution in [1.82, 2.24) is 10.2 Å². The highest BCUT2D eigenvalue weighted by Crippen LogP contribution is 2.17. The highest BCUT2D eigenvalue weighted by molar-refractivity contribution is 5.81. The Kier molecular flexibility index (Phi) is 4.59. The van der Waals surface area contributed by atoms with Crippen LogP contribution in [0, 0.1) is 5.92 Å². The van der Waals surface area contributed by atoms with E-state index in [4.69, 9.17) is 0 Å². The number of nitrogens with one attached hydrogen (secondary N) is 1. The predicted octanol–water partition coefficient (Wildman–Crippen LogP) is 0.771. The maximum Gasteiger partial charge on any atom is 0.224 e. The average molecular weight is 212 g/mol. The van der Waals surface area contributed by atoms with Crippen LogP contribution in [0.15, 0.2) is 0 Å². The summed E-state index contributed by atoms with van der Waals surface area (Å²) >= 11 is 0. The molecule has 1 rings (SSSR count). The highest BCUT2D eigenvalue weighted by atomic mass is 16.2. The van der Waals surface area contributed by atoms with Crippen molar-refractivity contribution in [1.29, 1.82) is 0 Å². The van der Waals surface area contributed by atoms with Gasteiger partial charge in [-0.1, -0.05) is 6.92 Å². The maximum atomic E-state index is 11.6. The van der Waals surface area contributed by atoms with Crippen LogP contribution in [0.5, 0.6) is 0 Å². The van der Waals surface area contributed by atoms with E-state index in [0.29, 0.717) is 19.5 Å². The van der Waals surface area contributed by atoms with Crippen molar-refractivity contribution in [2.24, 2.45) is 5.92 Å². The summed E-state index contributed by atoms with van der Waals surface area (Å²) in [5.41, 5.74) is 0. The van der Waals surface area contributed by atoms with Crippen molar-refractivity contribution in [3.8, 4) is 0 Å². The van der Waals surface area contributed by atoms with Crippen molar-refractivity contribution in [2.75, 3.05) is 19.6 Å². The molecule has 86 valence electrons. The second-order valence-electron chi connectivity index (χ2n) is 3.93. The fourth-order valence-corrected chi connectivity index (χ4v) is 1.96. The Morgan fingerprint density at radius 1 is 1.40 bits per heavy atom. The zero-order valence-corrected chi connectivity index (χ0v) is 9.58. The number of piperidine rings is 1. The summed E-state index contributed by atoms with van der Waals surface area (Å²) in [7, 11) is 0. The number of nitrogens with zero attached hydrogens (tertiary/aromatic N) is 1. The SMILES string of the molecule is CCNC(=O)C1CCCN(C(=O)CC)C1. The Balaban J connectivity index is 2.48. The molecular formula is C11H20N2O2. The molecular weight excluding hydrogens is 192 g/mol. The molecule has 4 nitrogen and oxygen atoms in total. The van der Waals surface area contributed by atoms with Crippen LogP contribution < -0.4 is 5.32 Å². The zero-order valence-electron chi connectivity index (χ0n) is 9.58. The van der Waals surface area contributed by atoms with E-state index < -0.39 is 0 Å². The van der Waals surface area contributed by atoms with Crippen molar-refractivity contribution >= 4 is 11.8 Å². The molecule has 4 heteroatoms. The van der Waals surface area contributed by atoms with E-state index in [0.717, 1.165) is 19.4 Å². The molecule has 1 heterocycles. The van der Waals surface area contributed by atoms with E-state index in [1.165, 1.54) is 0 Å². The molecule has 2 amide bonds. The lowest BCUT2D eigenvalue weighted by molar-refractivity contribution is -0.135. The van der Waals surface area contributed by atoms with Crippen LogP contribution >= 0.6 is 0 Å². The van der Waals surface area contributed by atoms with Crippen LogP contribution in [0.3, 0.4) is 0 Å². The molecule has 1 atom stereocenters. The Labute approximate surface area is 91.0 Å². The van der Waals surface area contributed by atoms with Crippen LogP contribution in [0.1, 0.15) is 33.1 Å². The first kappa shape index (κ1) is 12.0. The molecule has 1 aliphatic rings. The standard InChI is InChI=1S/C11H20N2O2/c1-3-10(14)13-7-5-6-9(8-13)11(15)12-4-2/h9H,3-8H2,1-2H3,(H,12,15). The Bertz CT molecular complexity index is 241. The molecule has 0 saturated carbocycles. The van der Waals surface area contributed by atoms with Gasteiger partial charge >= 0.3 is 0 Å². The van der Waals surface area contributed by atoms with Gasteiger partial charge in [-0.15, -0.1) is 0 Å². The van der Waals surface area contributed by atoms with Gasteiger partial charge in [0.2, 0.25) is 11.8 Å². The van der Waals surface area contributed by atoms with Gasteiger partial charge in [0.15, 0.2) is 0 Å². The summed E-state index contributed by atoms with van der Waals surface area (Å²) in [6, 6.07) is 0. The van der Waals surface area contributed by atoms with Crippen LogP contribution in [-0.2, 0) is 9.59 Å². The Morgan fingerprint density at radius 3 is 2.73 bits per heavy atom. The van der Waals surface area contributed by atoms with Gasteiger partial charge in [-0.05, 0) is 19.8 Å². The fourth-order valence-electron chi connectivity index (χ4n) is 1.96. The van der Waals surface area contributed by atoms with E-state index in [9.17, 15) is 9.59 Å². The molecule has 1 aliphatic heterocycles. The monoisotopic (exact) mass is 212 g/mol. The second-order valence-corrected chi connectivity index (χ2v) is 3.93. The van der Waals surface area contributed by atoms with Crippen LogP contribution in [0.4, 0.5) is 0 Å². The lowest BCUT2D eigenvalue weighted by Crippen LogP contribution is -2.45. The molecule has 0 aliphatic carbocycles.